The maximum atomic E-state index is 12.6. The van der Waals surface area contributed by atoms with Crippen molar-refractivity contribution in [2.75, 3.05) is 0 Å². The lowest BCUT2D eigenvalue weighted by molar-refractivity contribution is -0.137. The highest BCUT2D eigenvalue weighted by molar-refractivity contribution is 5.83. The predicted octanol–water partition coefficient (Wildman–Crippen LogP) is 4.37. The van der Waals surface area contributed by atoms with Crippen LogP contribution in [0.3, 0.4) is 0 Å². The van der Waals surface area contributed by atoms with Gasteiger partial charge in [-0.2, -0.15) is 13.2 Å². The highest BCUT2D eigenvalue weighted by atomic mass is 19.4. The first-order valence-electron chi connectivity index (χ1n) is 6.58. The lowest BCUT2D eigenvalue weighted by Gasteiger charge is -2.09. The molecular weight excluding hydrogens is 277 g/mol. The Morgan fingerprint density at radius 3 is 2.38 bits per heavy atom. The average molecular weight is 292 g/mol. The van der Waals surface area contributed by atoms with E-state index in [2.05, 4.69) is 0 Å². The molecule has 0 spiro atoms. The van der Waals surface area contributed by atoms with Crippen molar-refractivity contribution in [3.63, 3.8) is 0 Å². The first-order valence-corrected chi connectivity index (χ1v) is 6.58. The number of rotatable bonds is 4. The van der Waals surface area contributed by atoms with Crippen LogP contribution in [0.25, 0.3) is 0 Å². The van der Waals surface area contributed by atoms with E-state index < -0.39 is 11.7 Å². The van der Waals surface area contributed by atoms with Crippen LogP contribution < -0.4 is 0 Å². The maximum absolute atomic E-state index is 12.6. The molecule has 2 rings (SSSR count). The van der Waals surface area contributed by atoms with E-state index >= 15 is 0 Å². The molecule has 0 atom stereocenters. The topological polar surface area (TPSA) is 17.1 Å². The minimum absolute atomic E-state index is 0.0122. The fourth-order valence-electron chi connectivity index (χ4n) is 2.17. The van der Waals surface area contributed by atoms with Gasteiger partial charge >= 0.3 is 6.18 Å². The van der Waals surface area contributed by atoms with E-state index in [-0.39, 0.29) is 18.6 Å². The van der Waals surface area contributed by atoms with Crippen LogP contribution in [0.15, 0.2) is 48.5 Å². The number of Topliss-reactive ketones (excluding diaryl/α,β-unsaturated/α-hetero) is 1. The van der Waals surface area contributed by atoms with Gasteiger partial charge in [0.05, 0.1) is 5.56 Å². The molecule has 0 heterocycles. The van der Waals surface area contributed by atoms with Crippen molar-refractivity contribution in [1.29, 1.82) is 0 Å². The van der Waals surface area contributed by atoms with E-state index in [1.165, 1.54) is 6.07 Å². The molecule has 110 valence electrons. The molecule has 0 fully saturated rings. The molecule has 0 N–H and O–H groups in total. The van der Waals surface area contributed by atoms with E-state index in [1.807, 2.05) is 31.2 Å². The highest BCUT2D eigenvalue weighted by Crippen LogP contribution is 2.29. The van der Waals surface area contributed by atoms with Gasteiger partial charge in [-0.1, -0.05) is 42.5 Å². The zero-order chi connectivity index (χ0) is 15.5. The Kier molecular flexibility index (Phi) is 4.46. The Bertz CT molecular complexity index is 644. The molecule has 0 unspecified atom stereocenters. The third kappa shape index (κ3) is 4.18. The van der Waals surface area contributed by atoms with Crippen LogP contribution >= 0.6 is 0 Å². The molecular formula is C17H15F3O. The number of benzene rings is 2. The summed E-state index contributed by atoms with van der Waals surface area (Å²) in [5.74, 6) is -0.0939. The van der Waals surface area contributed by atoms with E-state index in [4.69, 9.17) is 0 Å². The summed E-state index contributed by atoms with van der Waals surface area (Å²) < 4.78 is 37.9. The Hall–Kier alpha value is -2.10. The summed E-state index contributed by atoms with van der Waals surface area (Å²) in [4.78, 5) is 12.0. The summed E-state index contributed by atoms with van der Waals surface area (Å²) >= 11 is 0. The van der Waals surface area contributed by atoms with Crippen LogP contribution in [0.1, 0.15) is 22.3 Å². The molecule has 0 amide bonds. The summed E-state index contributed by atoms with van der Waals surface area (Å²) in [6.07, 6.45) is -4.13. The molecule has 0 aliphatic heterocycles. The van der Waals surface area contributed by atoms with Gasteiger partial charge in [-0.3, -0.25) is 4.79 Å². The van der Waals surface area contributed by atoms with Gasteiger partial charge in [0.25, 0.3) is 0 Å². The van der Waals surface area contributed by atoms with Crippen molar-refractivity contribution in [3.8, 4) is 0 Å². The Balaban J connectivity index is 2.08. The van der Waals surface area contributed by atoms with Crippen LogP contribution in [-0.4, -0.2) is 5.78 Å². The van der Waals surface area contributed by atoms with Gasteiger partial charge in [-0.25, -0.2) is 0 Å². The summed E-state index contributed by atoms with van der Waals surface area (Å²) in [5, 5.41) is 0. The fourth-order valence-corrected chi connectivity index (χ4v) is 2.17. The Morgan fingerprint density at radius 2 is 1.71 bits per heavy atom. The largest absolute Gasteiger partial charge is 0.416 e. The van der Waals surface area contributed by atoms with Gasteiger partial charge in [0, 0.05) is 12.8 Å². The van der Waals surface area contributed by atoms with Crippen LogP contribution in [0.2, 0.25) is 0 Å². The zero-order valence-electron chi connectivity index (χ0n) is 11.6. The minimum atomic E-state index is -4.38. The normalized spacial score (nSPS) is 11.4. The van der Waals surface area contributed by atoms with Crippen molar-refractivity contribution >= 4 is 5.78 Å². The SMILES string of the molecule is Cc1ccccc1CC(=O)Cc1cccc(C(F)(F)F)c1. The van der Waals surface area contributed by atoms with E-state index in [1.54, 1.807) is 6.07 Å². The number of aryl methyl sites for hydroxylation is 1. The fraction of sp³-hybridized carbons (Fsp3) is 0.235. The van der Waals surface area contributed by atoms with Gasteiger partial charge in [0.15, 0.2) is 0 Å². The molecule has 1 nitrogen and oxygen atoms in total. The number of ketones is 1. The molecule has 0 aliphatic carbocycles. The summed E-state index contributed by atoms with van der Waals surface area (Å²) in [5.41, 5.74) is 1.59. The number of alkyl halides is 3. The second-order valence-electron chi connectivity index (χ2n) is 5.02. The Morgan fingerprint density at radius 1 is 1.00 bits per heavy atom. The van der Waals surface area contributed by atoms with Gasteiger partial charge < -0.3 is 0 Å². The number of carbonyl (C=O) groups excluding carboxylic acids is 1. The predicted molar refractivity (Wildman–Crippen MR) is 75.0 cm³/mol. The number of hydrogen-bond donors (Lipinski definition) is 0. The molecule has 0 saturated heterocycles. The lowest BCUT2D eigenvalue weighted by atomic mass is 9.99. The van der Waals surface area contributed by atoms with Crippen molar-refractivity contribution in [2.24, 2.45) is 0 Å². The van der Waals surface area contributed by atoms with Crippen LogP contribution in [0.5, 0.6) is 0 Å². The van der Waals surface area contributed by atoms with Crippen LogP contribution in [-0.2, 0) is 23.8 Å². The zero-order valence-corrected chi connectivity index (χ0v) is 11.6. The Labute approximate surface area is 121 Å². The van der Waals surface area contributed by atoms with Gasteiger partial charge in [0.2, 0.25) is 0 Å². The number of hydrogen-bond acceptors (Lipinski definition) is 1. The monoisotopic (exact) mass is 292 g/mol. The first kappa shape index (κ1) is 15.3. The maximum Gasteiger partial charge on any atom is 0.416 e. The molecule has 2 aromatic rings. The first-order chi connectivity index (χ1) is 9.86. The van der Waals surface area contributed by atoms with Crippen LogP contribution in [0, 0.1) is 6.92 Å². The van der Waals surface area contributed by atoms with Crippen molar-refractivity contribution in [3.05, 3.63) is 70.8 Å². The lowest BCUT2D eigenvalue weighted by Crippen LogP contribution is -2.10. The van der Waals surface area contributed by atoms with Crippen molar-refractivity contribution in [1.82, 2.24) is 0 Å². The van der Waals surface area contributed by atoms with Gasteiger partial charge in [-0.05, 0) is 29.7 Å². The second kappa shape index (κ2) is 6.12. The minimum Gasteiger partial charge on any atom is -0.299 e. The van der Waals surface area contributed by atoms with Gasteiger partial charge in [-0.15, -0.1) is 0 Å². The second-order valence-corrected chi connectivity index (χ2v) is 5.02. The van der Waals surface area contributed by atoms with Crippen LogP contribution in [0.4, 0.5) is 13.2 Å². The number of halogens is 3. The van der Waals surface area contributed by atoms with Crippen molar-refractivity contribution < 1.29 is 18.0 Å². The van der Waals surface area contributed by atoms with Gasteiger partial charge in [0.1, 0.15) is 5.78 Å². The average Bonchev–Trinajstić information content (AvgIpc) is 2.41. The number of carbonyl (C=O) groups is 1. The quantitative estimate of drug-likeness (QED) is 0.818. The molecule has 0 aliphatic rings. The smallest absolute Gasteiger partial charge is 0.299 e. The highest BCUT2D eigenvalue weighted by Gasteiger charge is 2.30. The van der Waals surface area contributed by atoms with E-state index in [0.29, 0.717) is 5.56 Å². The molecule has 0 radical (unpaired) electrons. The molecule has 0 bridgehead atoms. The third-order valence-electron chi connectivity index (χ3n) is 3.30. The van der Waals surface area contributed by atoms with Crippen molar-refractivity contribution in [2.45, 2.75) is 25.9 Å². The summed E-state index contributed by atoms with van der Waals surface area (Å²) in [6.45, 7) is 1.91. The molecule has 4 heteroatoms. The van der Waals surface area contributed by atoms with E-state index in [9.17, 15) is 18.0 Å². The molecule has 2 aromatic carbocycles. The molecule has 21 heavy (non-hydrogen) atoms. The molecule has 0 saturated carbocycles. The summed E-state index contributed by atoms with van der Waals surface area (Å²) in [6, 6.07) is 12.4. The van der Waals surface area contributed by atoms with E-state index in [0.717, 1.165) is 23.3 Å². The standard InChI is InChI=1S/C17H15F3O/c1-12-5-2-3-7-14(12)11-16(21)10-13-6-4-8-15(9-13)17(18,19)20/h2-9H,10-11H2,1H3. The third-order valence-corrected chi connectivity index (χ3v) is 3.30. The molecule has 0 aromatic heterocycles. The summed E-state index contributed by atoms with van der Waals surface area (Å²) in [7, 11) is 0.